The summed E-state index contributed by atoms with van der Waals surface area (Å²) in [7, 11) is 1.94. The van der Waals surface area contributed by atoms with Crippen molar-refractivity contribution in [2.24, 2.45) is 7.05 Å². The molecule has 0 spiro atoms. The standard InChI is InChI=1S/C15H21N3O2/c1-4-5-13-7-15(20-17-13)9-16-8-14-6-12(11(2)19)10-18(14)3/h6-7,10,16H,4-5,8-9H2,1-3H3. The van der Waals surface area contributed by atoms with Crippen LogP contribution >= 0.6 is 0 Å². The van der Waals surface area contributed by atoms with Crippen LogP contribution in [0, 0.1) is 0 Å². The average Bonchev–Trinajstić information content (AvgIpc) is 2.98. The third-order valence-electron chi connectivity index (χ3n) is 3.23. The van der Waals surface area contributed by atoms with E-state index in [0.717, 1.165) is 35.6 Å². The van der Waals surface area contributed by atoms with Gasteiger partial charge in [0.2, 0.25) is 0 Å². The van der Waals surface area contributed by atoms with Gasteiger partial charge >= 0.3 is 0 Å². The Kier molecular flexibility index (Phi) is 4.74. The van der Waals surface area contributed by atoms with Crippen molar-refractivity contribution in [2.75, 3.05) is 0 Å². The normalized spacial score (nSPS) is 10.9. The Morgan fingerprint density at radius 1 is 1.40 bits per heavy atom. The third-order valence-corrected chi connectivity index (χ3v) is 3.23. The highest BCUT2D eigenvalue weighted by atomic mass is 16.5. The van der Waals surface area contributed by atoms with E-state index in [1.807, 2.05) is 29.9 Å². The maximum Gasteiger partial charge on any atom is 0.161 e. The van der Waals surface area contributed by atoms with Crippen molar-refractivity contribution >= 4 is 5.78 Å². The van der Waals surface area contributed by atoms with Gasteiger partial charge in [-0.15, -0.1) is 0 Å². The zero-order valence-electron chi connectivity index (χ0n) is 12.3. The summed E-state index contributed by atoms with van der Waals surface area (Å²) in [5, 5.41) is 7.31. The molecule has 108 valence electrons. The fourth-order valence-electron chi connectivity index (χ4n) is 2.11. The first-order chi connectivity index (χ1) is 9.60. The summed E-state index contributed by atoms with van der Waals surface area (Å²) in [5.41, 5.74) is 2.82. The summed E-state index contributed by atoms with van der Waals surface area (Å²) in [6.07, 6.45) is 3.87. The number of ketones is 1. The SMILES string of the molecule is CCCc1cc(CNCc2cc(C(C)=O)cn2C)on1. The zero-order valence-corrected chi connectivity index (χ0v) is 12.3. The molecule has 0 fully saturated rings. The van der Waals surface area contributed by atoms with E-state index < -0.39 is 0 Å². The molecule has 0 aromatic carbocycles. The van der Waals surface area contributed by atoms with Crippen molar-refractivity contribution in [3.8, 4) is 0 Å². The summed E-state index contributed by atoms with van der Waals surface area (Å²) in [5.74, 6) is 0.931. The Morgan fingerprint density at radius 3 is 2.85 bits per heavy atom. The molecule has 0 bridgehead atoms. The van der Waals surface area contributed by atoms with Gasteiger partial charge < -0.3 is 14.4 Å². The molecule has 2 aromatic heterocycles. The van der Waals surface area contributed by atoms with Crippen LogP contribution in [-0.2, 0) is 26.6 Å². The fourth-order valence-corrected chi connectivity index (χ4v) is 2.11. The molecule has 2 rings (SSSR count). The maximum atomic E-state index is 11.3. The van der Waals surface area contributed by atoms with E-state index >= 15 is 0 Å². The summed E-state index contributed by atoms with van der Waals surface area (Å²) in [6.45, 7) is 5.02. The van der Waals surface area contributed by atoms with Crippen molar-refractivity contribution < 1.29 is 9.32 Å². The van der Waals surface area contributed by atoms with Crippen LogP contribution in [0.4, 0.5) is 0 Å². The van der Waals surface area contributed by atoms with Gasteiger partial charge in [0.1, 0.15) is 0 Å². The number of carbonyl (C=O) groups is 1. The number of aryl methyl sites for hydroxylation is 2. The summed E-state index contributed by atoms with van der Waals surface area (Å²) >= 11 is 0. The smallest absolute Gasteiger partial charge is 0.161 e. The summed E-state index contributed by atoms with van der Waals surface area (Å²) in [4.78, 5) is 11.3. The number of Topliss-reactive ketones (excluding diaryl/α,β-unsaturated/α-hetero) is 1. The Morgan fingerprint density at radius 2 is 2.20 bits per heavy atom. The molecular formula is C15H21N3O2. The molecule has 5 heteroatoms. The van der Waals surface area contributed by atoms with Crippen LogP contribution in [0.2, 0.25) is 0 Å². The van der Waals surface area contributed by atoms with Crippen LogP contribution in [-0.4, -0.2) is 15.5 Å². The molecule has 0 amide bonds. The molecule has 0 atom stereocenters. The first kappa shape index (κ1) is 14.5. The Labute approximate surface area is 119 Å². The van der Waals surface area contributed by atoms with Gasteiger partial charge in [-0.1, -0.05) is 18.5 Å². The number of nitrogens with zero attached hydrogens (tertiary/aromatic N) is 2. The highest BCUT2D eigenvalue weighted by Crippen LogP contribution is 2.09. The van der Waals surface area contributed by atoms with Crippen molar-refractivity contribution in [1.82, 2.24) is 15.0 Å². The lowest BCUT2D eigenvalue weighted by Crippen LogP contribution is -2.14. The van der Waals surface area contributed by atoms with Gasteiger partial charge in [0.05, 0.1) is 12.2 Å². The summed E-state index contributed by atoms with van der Waals surface area (Å²) in [6, 6.07) is 3.90. The zero-order chi connectivity index (χ0) is 14.5. The number of hydrogen-bond donors (Lipinski definition) is 1. The van der Waals surface area contributed by atoms with Gasteiger partial charge in [0.15, 0.2) is 11.5 Å². The van der Waals surface area contributed by atoms with Crippen LogP contribution in [0.15, 0.2) is 22.9 Å². The van der Waals surface area contributed by atoms with E-state index in [0.29, 0.717) is 13.1 Å². The highest BCUT2D eigenvalue weighted by molar-refractivity contribution is 5.94. The molecule has 0 saturated carbocycles. The van der Waals surface area contributed by atoms with Crippen molar-refractivity contribution in [1.29, 1.82) is 0 Å². The number of rotatable bonds is 7. The van der Waals surface area contributed by atoms with E-state index in [4.69, 9.17) is 4.52 Å². The molecule has 0 aliphatic carbocycles. The van der Waals surface area contributed by atoms with Crippen molar-refractivity contribution in [2.45, 2.75) is 39.8 Å². The van der Waals surface area contributed by atoms with Gasteiger partial charge in [-0.3, -0.25) is 4.79 Å². The Hall–Kier alpha value is -1.88. The van der Waals surface area contributed by atoms with Gasteiger partial charge in [0, 0.05) is 37.1 Å². The van der Waals surface area contributed by atoms with Crippen molar-refractivity contribution in [3.63, 3.8) is 0 Å². The predicted octanol–water partition coefficient (Wildman–Crippen LogP) is 2.46. The number of nitrogens with one attached hydrogen (secondary N) is 1. The topological polar surface area (TPSA) is 60.1 Å². The van der Waals surface area contributed by atoms with E-state index in [1.165, 1.54) is 0 Å². The van der Waals surface area contributed by atoms with Gasteiger partial charge in [-0.25, -0.2) is 0 Å². The van der Waals surface area contributed by atoms with Crippen LogP contribution < -0.4 is 5.32 Å². The number of aromatic nitrogens is 2. The maximum absolute atomic E-state index is 11.3. The minimum Gasteiger partial charge on any atom is -0.360 e. The molecule has 5 nitrogen and oxygen atoms in total. The second-order valence-corrected chi connectivity index (χ2v) is 5.03. The first-order valence-corrected chi connectivity index (χ1v) is 6.91. The van der Waals surface area contributed by atoms with E-state index in [2.05, 4.69) is 17.4 Å². The number of carbonyl (C=O) groups excluding carboxylic acids is 1. The molecule has 0 radical (unpaired) electrons. The molecule has 20 heavy (non-hydrogen) atoms. The lowest BCUT2D eigenvalue weighted by Gasteiger charge is -2.03. The van der Waals surface area contributed by atoms with Crippen LogP contribution in [0.3, 0.4) is 0 Å². The average molecular weight is 275 g/mol. The second kappa shape index (κ2) is 6.52. The first-order valence-electron chi connectivity index (χ1n) is 6.91. The molecule has 0 aliphatic rings. The second-order valence-electron chi connectivity index (χ2n) is 5.03. The predicted molar refractivity (Wildman–Crippen MR) is 76.5 cm³/mol. The largest absolute Gasteiger partial charge is 0.360 e. The quantitative estimate of drug-likeness (QED) is 0.789. The monoisotopic (exact) mass is 275 g/mol. The van der Waals surface area contributed by atoms with E-state index in [-0.39, 0.29) is 5.78 Å². The third kappa shape index (κ3) is 3.57. The molecule has 2 heterocycles. The Bertz CT molecular complexity index is 584. The molecule has 1 N–H and O–H groups in total. The minimum absolute atomic E-state index is 0.0892. The van der Waals surface area contributed by atoms with Gasteiger partial charge in [0.25, 0.3) is 0 Å². The fraction of sp³-hybridized carbons (Fsp3) is 0.467. The molecule has 2 aromatic rings. The minimum atomic E-state index is 0.0892. The lowest BCUT2D eigenvalue weighted by atomic mass is 10.2. The lowest BCUT2D eigenvalue weighted by molar-refractivity contribution is 0.101. The van der Waals surface area contributed by atoms with Crippen molar-refractivity contribution in [3.05, 3.63) is 41.0 Å². The van der Waals surface area contributed by atoms with Gasteiger partial charge in [-0.2, -0.15) is 0 Å². The molecule has 0 unspecified atom stereocenters. The van der Waals surface area contributed by atoms with Crippen LogP contribution in [0.1, 0.15) is 47.8 Å². The van der Waals surface area contributed by atoms with E-state index in [1.54, 1.807) is 6.92 Å². The van der Waals surface area contributed by atoms with Crippen LogP contribution in [0.5, 0.6) is 0 Å². The molecule has 0 saturated heterocycles. The van der Waals surface area contributed by atoms with E-state index in [9.17, 15) is 4.79 Å². The summed E-state index contributed by atoms with van der Waals surface area (Å²) < 4.78 is 7.22. The molecule has 0 aliphatic heterocycles. The highest BCUT2D eigenvalue weighted by Gasteiger charge is 2.07. The van der Waals surface area contributed by atoms with Gasteiger partial charge in [-0.05, 0) is 19.4 Å². The van der Waals surface area contributed by atoms with Crippen LogP contribution in [0.25, 0.3) is 0 Å². The Balaban J connectivity index is 1.87. The number of hydrogen-bond acceptors (Lipinski definition) is 4. The molecular weight excluding hydrogens is 254 g/mol.